The van der Waals surface area contributed by atoms with Gasteiger partial charge in [0.2, 0.25) is 0 Å². The minimum Gasteiger partial charge on any atom is -0.372 e. The monoisotopic (exact) mass is 294 g/mol. The van der Waals surface area contributed by atoms with Crippen molar-refractivity contribution < 1.29 is 4.39 Å². The molecular formula is C18H31FN2. The van der Waals surface area contributed by atoms with Crippen molar-refractivity contribution in [2.75, 3.05) is 18.5 Å². The second kappa shape index (κ2) is 8.38. The fourth-order valence-corrected chi connectivity index (χ4v) is 2.80. The first-order chi connectivity index (χ1) is 9.88. The normalized spacial score (nSPS) is 14.3. The van der Waals surface area contributed by atoms with Gasteiger partial charge >= 0.3 is 0 Å². The van der Waals surface area contributed by atoms with Crippen molar-refractivity contribution in [3.05, 3.63) is 29.6 Å². The molecule has 0 aliphatic rings. The first kappa shape index (κ1) is 18.0. The van der Waals surface area contributed by atoms with Crippen LogP contribution >= 0.6 is 0 Å². The standard InChI is InChI=1S/C18H31FN2/c1-7-11-20-15(5)18-16(19)9-8-10-17(18)21(6)14(4)12-13(2)3/h8-10,13-15,20H,7,11-12H2,1-6H3. The number of anilines is 1. The van der Waals surface area contributed by atoms with Crippen molar-refractivity contribution >= 4 is 5.69 Å². The Labute approximate surface area is 129 Å². The van der Waals surface area contributed by atoms with E-state index in [4.69, 9.17) is 0 Å². The first-order valence-electron chi connectivity index (χ1n) is 8.13. The summed E-state index contributed by atoms with van der Waals surface area (Å²) in [5.41, 5.74) is 1.78. The predicted molar refractivity (Wildman–Crippen MR) is 90.4 cm³/mol. The molecule has 2 nitrogen and oxygen atoms in total. The lowest BCUT2D eigenvalue weighted by atomic mass is 10.00. The van der Waals surface area contributed by atoms with E-state index in [-0.39, 0.29) is 11.9 Å². The van der Waals surface area contributed by atoms with Gasteiger partial charge in [0, 0.05) is 30.4 Å². The molecule has 0 amide bonds. The van der Waals surface area contributed by atoms with Crippen molar-refractivity contribution in [1.82, 2.24) is 5.32 Å². The fraction of sp³-hybridized carbons (Fsp3) is 0.667. The second-order valence-corrected chi connectivity index (χ2v) is 6.44. The van der Waals surface area contributed by atoms with Crippen LogP contribution in [0.2, 0.25) is 0 Å². The third-order valence-corrected chi connectivity index (χ3v) is 4.02. The molecular weight excluding hydrogens is 263 g/mol. The van der Waals surface area contributed by atoms with E-state index in [9.17, 15) is 4.39 Å². The summed E-state index contributed by atoms with van der Waals surface area (Å²) in [5.74, 6) is 0.516. The molecule has 0 spiro atoms. The van der Waals surface area contributed by atoms with Crippen LogP contribution in [-0.2, 0) is 0 Å². The minimum atomic E-state index is -0.118. The third kappa shape index (κ3) is 4.99. The van der Waals surface area contributed by atoms with Crippen LogP contribution in [0, 0.1) is 11.7 Å². The highest BCUT2D eigenvalue weighted by atomic mass is 19.1. The zero-order valence-corrected chi connectivity index (χ0v) is 14.4. The van der Waals surface area contributed by atoms with Gasteiger partial charge in [0.05, 0.1) is 0 Å². The highest BCUT2D eigenvalue weighted by Crippen LogP contribution is 2.30. The zero-order chi connectivity index (χ0) is 16.0. The zero-order valence-electron chi connectivity index (χ0n) is 14.4. The summed E-state index contributed by atoms with van der Waals surface area (Å²) in [6, 6.07) is 5.81. The summed E-state index contributed by atoms with van der Waals surface area (Å²) in [6.07, 6.45) is 2.15. The molecule has 0 radical (unpaired) electrons. The van der Waals surface area contributed by atoms with Crippen LogP contribution in [0.5, 0.6) is 0 Å². The number of benzene rings is 1. The molecule has 0 bridgehead atoms. The summed E-state index contributed by atoms with van der Waals surface area (Å²) >= 11 is 0. The Morgan fingerprint density at radius 3 is 2.43 bits per heavy atom. The molecule has 120 valence electrons. The average molecular weight is 294 g/mol. The van der Waals surface area contributed by atoms with E-state index >= 15 is 0 Å². The lowest BCUT2D eigenvalue weighted by Gasteiger charge is -2.32. The molecule has 1 N–H and O–H groups in total. The maximum absolute atomic E-state index is 14.3. The molecule has 21 heavy (non-hydrogen) atoms. The van der Waals surface area contributed by atoms with Gasteiger partial charge in [-0.05, 0) is 51.3 Å². The van der Waals surface area contributed by atoms with Gasteiger partial charge in [-0.25, -0.2) is 4.39 Å². The van der Waals surface area contributed by atoms with Gasteiger partial charge in [-0.3, -0.25) is 0 Å². The largest absolute Gasteiger partial charge is 0.372 e. The van der Waals surface area contributed by atoms with Crippen LogP contribution in [0.25, 0.3) is 0 Å². The van der Waals surface area contributed by atoms with Crippen LogP contribution in [0.3, 0.4) is 0 Å². The van der Waals surface area contributed by atoms with Crippen LogP contribution in [-0.4, -0.2) is 19.6 Å². The van der Waals surface area contributed by atoms with E-state index in [2.05, 4.69) is 45.0 Å². The Kier molecular flexibility index (Phi) is 7.16. The van der Waals surface area contributed by atoms with E-state index in [0.29, 0.717) is 12.0 Å². The maximum atomic E-state index is 14.3. The van der Waals surface area contributed by atoms with E-state index < -0.39 is 0 Å². The maximum Gasteiger partial charge on any atom is 0.130 e. The van der Waals surface area contributed by atoms with Crippen LogP contribution in [0.1, 0.15) is 59.1 Å². The molecule has 1 rings (SSSR count). The highest BCUT2D eigenvalue weighted by Gasteiger charge is 2.20. The quantitative estimate of drug-likeness (QED) is 0.744. The van der Waals surface area contributed by atoms with Gasteiger partial charge in [-0.2, -0.15) is 0 Å². The molecule has 0 aliphatic heterocycles. The third-order valence-electron chi connectivity index (χ3n) is 4.02. The van der Waals surface area contributed by atoms with E-state index in [1.54, 1.807) is 12.1 Å². The molecule has 1 aromatic carbocycles. The van der Waals surface area contributed by atoms with Gasteiger partial charge in [-0.1, -0.05) is 26.8 Å². The second-order valence-electron chi connectivity index (χ2n) is 6.44. The van der Waals surface area contributed by atoms with Crippen LogP contribution < -0.4 is 10.2 Å². The summed E-state index contributed by atoms with van der Waals surface area (Å²) in [5, 5.41) is 3.40. The van der Waals surface area contributed by atoms with Crippen molar-refractivity contribution in [3.8, 4) is 0 Å². The number of rotatable bonds is 8. The van der Waals surface area contributed by atoms with Gasteiger partial charge in [0.15, 0.2) is 0 Å². The minimum absolute atomic E-state index is 0.0230. The van der Waals surface area contributed by atoms with Crippen molar-refractivity contribution in [3.63, 3.8) is 0 Å². The summed E-state index contributed by atoms with van der Waals surface area (Å²) < 4.78 is 14.3. The lowest BCUT2D eigenvalue weighted by molar-refractivity contribution is 0.495. The molecule has 0 aromatic heterocycles. The van der Waals surface area contributed by atoms with Crippen molar-refractivity contribution in [1.29, 1.82) is 0 Å². The molecule has 2 atom stereocenters. The molecule has 3 heteroatoms. The van der Waals surface area contributed by atoms with E-state index in [1.165, 1.54) is 0 Å². The van der Waals surface area contributed by atoms with Crippen molar-refractivity contribution in [2.45, 2.75) is 59.5 Å². The summed E-state index contributed by atoms with van der Waals surface area (Å²) in [7, 11) is 2.07. The van der Waals surface area contributed by atoms with E-state index in [1.807, 2.05) is 13.0 Å². The Morgan fingerprint density at radius 1 is 1.19 bits per heavy atom. The molecule has 0 fully saturated rings. The average Bonchev–Trinajstić information content (AvgIpc) is 2.42. The Balaban J connectivity index is 3.03. The molecule has 0 saturated carbocycles. The number of hydrogen-bond donors (Lipinski definition) is 1. The SMILES string of the molecule is CCCNC(C)c1c(F)cccc1N(C)C(C)CC(C)C. The Bertz CT molecular complexity index is 431. The number of halogens is 1. The van der Waals surface area contributed by atoms with Gasteiger partial charge in [-0.15, -0.1) is 0 Å². The molecule has 2 unspecified atom stereocenters. The topological polar surface area (TPSA) is 15.3 Å². The Morgan fingerprint density at radius 2 is 1.86 bits per heavy atom. The predicted octanol–water partition coefficient (Wildman–Crippen LogP) is 4.76. The van der Waals surface area contributed by atoms with Gasteiger partial charge in [0.1, 0.15) is 5.82 Å². The molecule has 0 heterocycles. The fourth-order valence-electron chi connectivity index (χ4n) is 2.80. The summed E-state index contributed by atoms with van der Waals surface area (Å²) in [4.78, 5) is 2.21. The van der Waals surface area contributed by atoms with Gasteiger partial charge in [0.25, 0.3) is 0 Å². The number of hydrogen-bond acceptors (Lipinski definition) is 2. The molecule has 0 aliphatic carbocycles. The molecule has 1 aromatic rings. The lowest BCUT2D eigenvalue weighted by Crippen LogP contribution is -2.32. The van der Waals surface area contributed by atoms with Gasteiger partial charge < -0.3 is 10.2 Å². The van der Waals surface area contributed by atoms with Crippen LogP contribution in [0.15, 0.2) is 18.2 Å². The molecule has 0 saturated heterocycles. The number of nitrogens with one attached hydrogen (secondary N) is 1. The number of nitrogens with zero attached hydrogens (tertiary/aromatic N) is 1. The van der Waals surface area contributed by atoms with Crippen molar-refractivity contribution in [2.24, 2.45) is 5.92 Å². The van der Waals surface area contributed by atoms with Crippen LogP contribution in [0.4, 0.5) is 10.1 Å². The first-order valence-corrected chi connectivity index (χ1v) is 8.13. The highest BCUT2D eigenvalue weighted by molar-refractivity contribution is 5.55. The Hall–Kier alpha value is -1.09. The smallest absolute Gasteiger partial charge is 0.130 e. The summed E-state index contributed by atoms with van der Waals surface area (Å²) in [6.45, 7) is 11.7. The van der Waals surface area contributed by atoms with E-state index in [0.717, 1.165) is 30.6 Å².